The van der Waals surface area contributed by atoms with Gasteiger partial charge in [-0.3, -0.25) is 9.59 Å². The summed E-state index contributed by atoms with van der Waals surface area (Å²) in [6.45, 7) is 3.12. The monoisotopic (exact) mass is 560 g/mol. The molecule has 3 heterocycles. The summed E-state index contributed by atoms with van der Waals surface area (Å²) >= 11 is 0. The first kappa shape index (κ1) is 26.2. The van der Waals surface area contributed by atoms with Crippen molar-refractivity contribution in [3.63, 3.8) is 0 Å². The van der Waals surface area contributed by atoms with Crippen molar-refractivity contribution >= 4 is 17.3 Å². The Balaban J connectivity index is 1.40. The quantitative estimate of drug-likeness (QED) is 0.301. The molecule has 5 aromatic rings. The second-order valence-corrected chi connectivity index (χ2v) is 10.1. The van der Waals surface area contributed by atoms with Crippen molar-refractivity contribution in [2.45, 2.75) is 38.6 Å². The topological polar surface area (TPSA) is 128 Å². The lowest BCUT2D eigenvalue weighted by atomic mass is 9.96. The van der Waals surface area contributed by atoms with Crippen LogP contribution in [-0.2, 0) is 12.0 Å². The number of halogens is 3. The van der Waals surface area contributed by atoms with Gasteiger partial charge in [-0.2, -0.15) is 10.1 Å². The number of nitrogens with two attached hydrogens (primary N) is 1. The lowest BCUT2D eigenvalue weighted by molar-refractivity contribution is 0.0919. The molecule has 0 saturated heterocycles. The fourth-order valence-electron chi connectivity index (χ4n) is 4.92. The second kappa shape index (κ2) is 9.58. The van der Waals surface area contributed by atoms with Gasteiger partial charge in [0.25, 0.3) is 17.7 Å². The number of aromatic nitrogens is 4. The van der Waals surface area contributed by atoms with Crippen molar-refractivity contribution in [1.82, 2.24) is 25.1 Å². The average molecular weight is 561 g/mol. The number of aryl methyl sites for hydroxylation is 1. The van der Waals surface area contributed by atoms with Gasteiger partial charge in [-0.15, -0.1) is 0 Å². The molecule has 3 N–H and O–H groups in total. The molecular weight excluding hydrogens is 537 g/mol. The van der Waals surface area contributed by atoms with Crippen LogP contribution in [0.15, 0.2) is 53.2 Å². The molecule has 12 heteroatoms. The highest BCUT2D eigenvalue weighted by atomic mass is 19.1. The van der Waals surface area contributed by atoms with Gasteiger partial charge in [0.05, 0.1) is 11.3 Å². The summed E-state index contributed by atoms with van der Waals surface area (Å²) in [4.78, 5) is 29.9. The van der Waals surface area contributed by atoms with Gasteiger partial charge in [0.2, 0.25) is 0 Å². The summed E-state index contributed by atoms with van der Waals surface area (Å²) in [5.41, 5.74) is 5.44. The predicted octanol–water partition coefficient (Wildman–Crippen LogP) is 4.53. The molecule has 1 aliphatic rings. The lowest BCUT2D eigenvalue weighted by Gasteiger charge is -2.15. The summed E-state index contributed by atoms with van der Waals surface area (Å²) in [7, 11) is 0. The largest absolute Gasteiger partial charge is 0.365 e. The maximum Gasteiger partial charge on any atom is 0.252 e. The Morgan fingerprint density at radius 3 is 2.44 bits per heavy atom. The third kappa shape index (κ3) is 4.60. The standard InChI is InChI=1S/C29H23F3N6O3/c1-14-20(12-17(13-21(14)31)27(40)35-29(8-9-29)28-34-15(2)37-41-28)19-7-10-38-25(24(19)32)23(26(33)39)22(36-38)11-16-3-5-18(30)6-4-16/h3-7,10,12-13H,8-9,11H2,1-2H3,(H2,33,39)(H,35,40). The van der Waals surface area contributed by atoms with E-state index in [1.807, 2.05) is 0 Å². The van der Waals surface area contributed by atoms with Crippen LogP contribution in [0.5, 0.6) is 0 Å². The number of pyridine rings is 1. The van der Waals surface area contributed by atoms with E-state index in [-0.39, 0.29) is 51.3 Å². The Kier molecular flexibility index (Phi) is 6.13. The molecule has 3 aromatic heterocycles. The Labute approximate surface area is 231 Å². The van der Waals surface area contributed by atoms with Gasteiger partial charge in [0.1, 0.15) is 22.7 Å². The summed E-state index contributed by atoms with van der Waals surface area (Å²) in [5, 5.41) is 10.9. The Morgan fingerprint density at radius 1 is 1.07 bits per heavy atom. The number of amides is 2. The smallest absolute Gasteiger partial charge is 0.252 e. The number of primary amides is 1. The molecule has 0 aliphatic heterocycles. The molecule has 2 aromatic carbocycles. The molecule has 0 atom stereocenters. The maximum absolute atomic E-state index is 16.2. The van der Waals surface area contributed by atoms with Gasteiger partial charge in [0, 0.05) is 23.7 Å². The molecule has 0 unspecified atom stereocenters. The minimum atomic E-state index is -0.907. The second-order valence-electron chi connectivity index (χ2n) is 10.1. The first-order chi connectivity index (χ1) is 19.6. The van der Waals surface area contributed by atoms with Crippen LogP contribution in [0.1, 0.15) is 62.1 Å². The number of rotatable bonds is 7. The van der Waals surface area contributed by atoms with Crippen LogP contribution in [0.25, 0.3) is 16.6 Å². The van der Waals surface area contributed by atoms with Crippen molar-refractivity contribution in [3.05, 3.63) is 106 Å². The normalized spacial score (nSPS) is 13.9. The number of fused-ring (bicyclic) bond motifs is 1. The van der Waals surface area contributed by atoms with E-state index in [0.717, 1.165) is 6.07 Å². The molecule has 0 spiro atoms. The van der Waals surface area contributed by atoms with E-state index in [1.54, 1.807) is 6.92 Å². The summed E-state index contributed by atoms with van der Waals surface area (Å²) < 4.78 is 51.1. The number of benzene rings is 2. The van der Waals surface area contributed by atoms with E-state index in [1.165, 1.54) is 54.0 Å². The van der Waals surface area contributed by atoms with Crippen molar-refractivity contribution < 1.29 is 27.3 Å². The minimum Gasteiger partial charge on any atom is -0.365 e. The highest BCUT2D eigenvalue weighted by Gasteiger charge is 2.51. The molecule has 9 nitrogen and oxygen atoms in total. The first-order valence-electron chi connectivity index (χ1n) is 12.7. The minimum absolute atomic E-state index is 0.0366. The Bertz CT molecular complexity index is 1860. The van der Waals surface area contributed by atoms with Crippen molar-refractivity contribution in [2.24, 2.45) is 5.73 Å². The molecule has 0 radical (unpaired) electrons. The van der Waals surface area contributed by atoms with Gasteiger partial charge in [-0.1, -0.05) is 17.3 Å². The zero-order valence-electron chi connectivity index (χ0n) is 22.0. The molecule has 1 aliphatic carbocycles. The summed E-state index contributed by atoms with van der Waals surface area (Å²) in [5.74, 6) is -2.82. The fourth-order valence-corrected chi connectivity index (χ4v) is 4.92. The highest BCUT2D eigenvalue weighted by Crippen LogP contribution is 2.45. The Morgan fingerprint density at radius 2 is 1.80 bits per heavy atom. The number of nitrogens with one attached hydrogen (secondary N) is 1. The zero-order valence-corrected chi connectivity index (χ0v) is 22.0. The number of hydrogen-bond acceptors (Lipinski definition) is 6. The van der Waals surface area contributed by atoms with E-state index in [0.29, 0.717) is 24.2 Å². The van der Waals surface area contributed by atoms with Gasteiger partial charge in [0.15, 0.2) is 11.6 Å². The van der Waals surface area contributed by atoms with Crippen LogP contribution < -0.4 is 11.1 Å². The molecular formula is C29H23F3N6O3. The van der Waals surface area contributed by atoms with Gasteiger partial charge >= 0.3 is 0 Å². The molecule has 1 saturated carbocycles. The first-order valence-corrected chi connectivity index (χ1v) is 12.7. The van der Waals surface area contributed by atoms with Gasteiger partial charge in [-0.05, 0) is 73.7 Å². The molecule has 1 fully saturated rings. The van der Waals surface area contributed by atoms with Crippen molar-refractivity contribution in [2.75, 3.05) is 0 Å². The third-order valence-electron chi connectivity index (χ3n) is 7.28. The maximum atomic E-state index is 16.2. The van der Waals surface area contributed by atoms with Crippen LogP contribution in [0, 0.1) is 31.3 Å². The lowest BCUT2D eigenvalue weighted by Crippen LogP contribution is -2.35. The fraction of sp³-hybridized carbons (Fsp3) is 0.207. The van der Waals surface area contributed by atoms with E-state index in [4.69, 9.17) is 10.3 Å². The highest BCUT2D eigenvalue weighted by molar-refractivity contribution is 6.02. The van der Waals surface area contributed by atoms with E-state index in [9.17, 15) is 14.0 Å². The summed E-state index contributed by atoms with van der Waals surface area (Å²) in [6.07, 6.45) is 2.67. The van der Waals surface area contributed by atoms with Crippen LogP contribution in [0.3, 0.4) is 0 Å². The van der Waals surface area contributed by atoms with Crippen molar-refractivity contribution in [3.8, 4) is 11.1 Å². The van der Waals surface area contributed by atoms with E-state index < -0.39 is 34.8 Å². The number of carbonyl (C=O) groups excluding carboxylic acids is 2. The molecule has 0 bridgehead atoms. The molecule has 2 amide bonds. The third-order valence-corrected chi connectivity index (χ3v) is 7.28. The molecule has 41 heavy (non-hydrogen) atoms. The van der Waals surface area contributed by atoms with Crippen LogP contribution in [0.4, 0.5) is 13.2 Å². The average Bonchev–Trinajstić information content (AvgIpc) is 3.40. The van der Waals surface area contributed by atoms with E-state index >= 15 is 8.78 Å². The van der Waals surface area contributed by atoms with Crippen LogP contribution >= 0.6 is 0 Å². The summed E-state index contributed by atoms with van der Waals surface area (Å²) in [6, 6.07) is 9.44. The van der Waals surface area contributed by atoms with Crippen LogP contribution in [0.2, 0.25) is 0 Å². The SMILES string of the molecule is Cc1noc(C2(NC(=O)c3cc(F)c(C)c(-c4ccn5nc(Cc6ccc(F)cc6)c(C(N)=O)c5c4F)c3)CC2)n1. The number of nitrogens with zero attached hydrogens (tertiary/aromatic N) is 4. The van der Waals surface area contributed by atoms with Gasteiger partial charge < -0.3 is 15.6 Å². The number of hydrogen-bond donors (Lipinski definition) is 2. The van der Waals surface area contributed by atoms with Crippen molar-refractivity contribution in [1.29, 1.82) is 0 Å². The van der Waals surface area contributed by atoms with E-state index in [2.05, 4.69) is 20.6 Å². The number of carbonyl (C=O) groups is 2. The molecule has 6 rings (SSSR count). The predicted molar refractivity (Wildman–Crippen MR) is 140 cm³/mol. The van der Waals surface area contributed by atoms with Gasteiger partial charge in [-0.25, -0.2) is 17.7 Å². The zero-order chi connectivity index (χ0) is 29.1. The molecule has 208 valence electrons. The Hall–Kier alpha value is -5.00. The van der Waals surface area contributed by atoms with Crippen LogP contribution in [-0.4, -0.2) is 31.6 Å².